The van der Waals surface area contributed by atoms with Gasteiger partial charge in [0.05, 0.1) is 5.39 Å². The number of rotatable bonds is 0. The van der Waals surface area contributed by atoms with Gasteiger partial charge in [0.2, 0.25) is 5.78 Å². The van der Waals surface area contributed by atoms with Gasteiger partial charge >= 0.3 is 0 Å². The Morgan fingerprint density at radius 3 is 2.84 bits per heavy atom. The summed E-state index contributed by atoms with van der Waals surface area (Å²) in [5, 5.41) is 9.12. The highest BCUT2D eigenvalue weighted by atomic mass is 32.1. The maximum Gasteiger partial charge on any atom is 0.263 e. The maximum atomic E-state index is 12.6. The van der Waals surface area contributed by atoms with Crippen molar-refractivity contribution < 1.29 is 0 Å². The van der Waals surface area contributed by atoms with Crippen LogP contribution in [0.25, 0.3) is 16.0 Å². The summed E-state index contributed by atoms with van der Waals surface area (Å²) in [6.07, 6.45) is 4.53. The largest absolute Gasteiger partial charge is 0.279 e. The minimum Gasteiger partial charge on any atom is -0.279 e. The first-order valence-corrected chi connectivity index (χ1v) is 7.35. The number of aryl methyl sites for hydroxylation is 4. The molecule has 3 aromatic heterocycles. The first-order valence-electron chi connectivity index (χ1n) is 6.53. The van der Waals surface area contributed by atoms with Gasteiger partial charge in [0.1, 0.15) is 10.7 Å². The van der Waals surface area contributed by atoms with E-state index in [9.17, 15) is 4.79 Å². The van der Waals surface area contributed by atoms with Crippen LogP contribution >= 0.6 is 11.3 Å². The Labute approximate surface area is 113 Å². The zero-order chi connectivity index (χ0) is 13.1. The molecule has 0 saturated carbocycles. The van der Waals surface area contributed by atoms with E-state index < -0.39 is 0 Å². The monoisotopic (exact) mass is 274 g/mol. The summed E-state index contributed by atoms with van der Waals surface area (Å²) in [6.45, 7) is 1.93. The molecule has 3 heterocycles. The fraction of sp³-hybridized carbons (Fsp3) is 0.462. The van der Waals surface area contributed by atoms with Crippen LogP contribution in [0, 0.1) is 6.92 Å². The second kappa shape index (κ2) is 3.66. The van der Waals surface area contributed by atoms with Crippen molar-refractivity contribution in [3.05, 3.63) is 26.6 Å². The molecule has 0 atom stereocenters. The first-order chi connectivity index (χ1) is 9.18. The Bertz CT molecular complexity index is 870. The van der Waals surface area contributed by atoms with E-state index in [1.54, 1.807) is 23.0 Å². The van der Waals surface area contributed by atoms with Crippen molar-refractivity contribution in [2.24, 2.45) is 7.05 Å². The molecule has 4 rings (SSSR count). The fourth-order valence-corrected chi connectivity index (χ4v) is 4.42. The lowest BCUT2D eigenvalue weighted by atomic mass is 9.97. The number of aromatic nitrogens is 4. The van der Waals surface area contributed by atoms with Crippen molar-refractivity contribution in [2.75, 3.05) is 0 Å². The van der Waals surface area contributed by atoms with Crippen LogP contribution in [-0.4, -0.2) is 19.2 Å². The molecule has 0 bridgehead atoms. The predicted octanol–water partition coefficient (Wildman–Crippen LogP) is 1.83. The second-order valence-electron chi connectivity index (χ2n) is 5.14. The molecule has 0 saturated heterocycles. The summed E-state index contributed by atoms with van der Waals surface area (Å²) in [5.74, 6) is 1.47. The van der Waals surface area contributed by atoms with Gasteiger partial charge in [-0.2, -0.15) is 0 Å². The number of hydrogen-bond acceptors (Lipinski definition) is 4. The van der Waals surface area contributed by atoms with E-state index in [0.717, 1.165) is 28.9 Å². The van der Waals surface area contributed by atoms with E-state index in [4.69, 9.17) is 0 Å². The van der Waals surface area contributed by atoms with E-state index in [2.05, 4.69) is 10.2 Å². The van der Waals surface area contributed by atoms with Gasteiger partial charge in [-0.3, -0.25) is 13.8 Å². The van der Waals surface area contributed by atoms with Crippen LogP contribution in [0.15, 0.2) is 4.79 Å². The molecule has 0 spiro atoms. The molecule has 0 fully saturated rings. The summed E-state index contributed by atoms with van der Waals surface area (Å²) < 4.78 is 3.63. The quantitative estimate of drug-likeness (QED) is 0.628. The van der Waals surface area contributed by atoms with Gasteiger partial charge in [0.25, 0.3) is 5.56 Å². The molecule has 5 nitrogen and oxygen atoms in total. The smallest absolute Gasteiger partial charge is 0.263 e. The summed E-state index contributed by atoms with van der Waals surface area (Å²) in [6, 6.07) is 0. The molecule has 1 aliphatic rings. The van der Waals surface area contributed by atoms with E-state index in [-0.39, 0.29) is 5.56 Å². The molecule has 0 amide bonds. The zero-order valence-electron chi connectivity index (χ0n) is 10.9. The Kier molecular flexibility index (Phi) is 2.15. The van der Waals surface area contributed by atoms with Gasteiger partial charge < -0.3 is 0 Å². The lowest BCUT2D eigenvalue weighted by Crippen LogP contribution is -2.20. The Hall–Kier alpha value is -1.69. The van der Waals surface area contributed by atoms with Crippen molar-refractivity contribution in [1.82, 2.24) is 19.2 Å². The average molecular weight is 274 g/mol. The third-order valence-corrected chi connectivity index (χ3v) is 5.26. The van der Waals surface area contributed by atoms with Crippen LogP contribution in [0.1, 0.15) is 29.1 Å². The van der Waals surface area contributed by atoms with Gasteiger partial charge in [-0.15, -0.1) is 21.5 Å². The minimum absolute atomic E-state index is 0.0642. The zero-order valence-corrected chi connectivity index (χ0v) is 11.8. The highest BCUT2D eigenvalue weighted by Crippen LogP contribution is 2.34. The van der Waals surface area contributed by atoms with Gasteiger partial charge in [-0.25, -0.2) is 0 Å². The highest BCUT2D eigenvalue weighted by molar-refractivity contribution is 7.18. The van der Waals surface area contributed by atoms with E-state index >= 15 is 0 Å². The molecule has 0 aliphatic heterocycles. The standard InChI is InChI=1S/C13H14N4OS/c1-7-14-15-13-16(2)11(18)10-8-5-3-4-6-9(8)19-12(10)17(7)13/h3-6H2,1-2H3. The molecule has 1 aliphatic carbocycles. The van der Waals surface area contributed by atoms with Crippen LogP contribution < -0.4 is 5.56 Å². The number of hydrogen-bond donors (Lipinski definition) is 0. The molecule has 19 heavy (non-hydrogen) atoms. The topological polar surface area (TPSA) is 52.2 Å². The normalized spacial score (nSPS) is 15.3. The fourth-order valence-electron chi connectivity index (χ4n) is 2.99. The Morgan fingerprint density at radius 1 is 1.21 bits per heavy atom. The molecular weight excluding hydrogens is 260 g/mol. The predicted molar refractivity (Wildman–Crippen MR) is 75.0 cm³/mol. The van der Waals surface area contributed by atoms with Crippen molar-refractivity contribution in [2.45, 2.75) is 32.6 Å². The number of nitrogens with zero attached hydrogens (tertiary/aromatic N) is 4. The molecule has 0 unspecified atom stereocenters. The summed E-state index contributed by atoms with van der Waals surface area (Å²) >= 11 is 1.74. The van der Waals surface area contributed by atoms with Gasteiger partial charge in [-0.1, -0.05) is 0 Å². The lowest BCUT2D eigenvalue weighted by molar-refractivity contribution is 0.699. The molecule has 3 aromatic rings. The van der Waals surface area contributed by atoms with Gasteiger partial charge in [-0.05, 0) is 38.2 Å². The molecule has 0 N–H and O–H groups in total. The maximum absolute atomic E-state index is 12.6. The first kappa shape index (κ1) is 11.2. The second-order valence-corrected chi connectivity index (χ2v) is 6.22. The summed E-state index contributed by atoms with van der Waals surface area (Å²) in [5.41, 5.74) is 1.33. The molecular formula is C13H14N4OS. The summed E-state index contributed by atoms with van der Waals surface area (Å²) in [4.78, 5) is 15.0. The van der Waals surface area contributed by atoms with Gasteiger partial charge in [0.15, 0.2) is 0 Å². The van der Waals surface area contributed by atoms with Crippen LogP contribution in [0.5, 0.6) is 0 Å². The van der Waals surface area contributed by atoms with Crippen LogP contribution in [0.4, 0.5) is 0 Å². The van der Waals surface area contributed by atoms with Crippen molar-refractivity contribution in [3.63, 3.8) is 0 Å². The van der Waals surface area contributed by atoms with Crippen molar-refractivity contribution in [3.8, 4) is 0 Å². The molecule has 6 heteroatoms. The summed E-state index contributed by atoms with van der Waals surface area (Å²) in [7, 11) is 1.78. The van der Waals surface area contributed by atoms with Crippen LogP contribution in [0.2, 0.25) is 0 Å². The number of thiophene rings is 1. The highest BCUT2D eigenvalue weighted by Gasteiger charge is 2.22. The van der Waals surface area contributed by atoms with E-state index in [1.165, 1.54) is 23.3 Å². The molecule has 0 aromatic carbocycles. The van der Waals surface area contributed by atoms with Crippen LogP contribution in [0.3, 0.4) is 0 Å². The molecule has 0 radical (unpaired) electrons. The Morgan fingerprint density at radius 2 is 2.00 bits per heavy atom. The Balaban J connectivity index is 2.31. The number of fused-ring (bicyclic) bond motifs is 5. The van der Waals surface area contributed by atoms with Gasteiger partial charge in [0, 0.05) is 11.9 Å². The van der Waals surface area contributed by atoms with Crippen molar-refractivity contribution >= 4 is 27.3 Å². The minimum atomic E-state index is 0.0642. The molecule has 98 valence electrons. The lowest BCUT2D eigenvalue weighted by Gasteiger charge is -2.10. The van der Waals surface area contributed by atoms with Crippen molar-refractivity contribution in [1.29, 1.82) is 0 Å². The van der Waals surface area contributed by atoms with Crippen LogP contribution in [-0.2, 0) is 19.9 Å². The third-order valence-electron chi connectivity index (χ3n) is 3.98. The third kappa shape index (κ3) is 1.32. The van der Waals surface area contributed by atoms with E-state index in [1.807, 2.05) is 11.3 Å². The average Bonchev–Trinajstić information content (AvgIpc) is 2.96. The van der Waals surface area contributed by atoms with E-state index in [0.29, 0.717) is 5.78 Å². The SMILES string of the molecule is Cc1nnc2n(C)c(=O)c3c4c(sc3n12)CCCC4.